The summed E-state index contributed by atoms with van der Waals surface area (Å²) < 4.78 is 23.9. The quantitative estimate of drug-likeness (QED) is 0.186. The molecule has 4 aliphatic rings. The summed E-state index contributed by atoms with van der Waals surface area (Å²) in [5.74, 6) is 0.202. The lowest BCUT2D eigenvalue weighted by Crippen LogP contribution is -2.64. The van der Waals surface area contributed by atoms with Crippen LogP contribution in [0.15, 0.2) is 12.7 Å². The van der Waals surface area contributed by atoms with Crippen molar-refractivity contribution in [2.75, 3.05) is 6.61 Å². The summed E-state index contributed by atoms with van der Waals surface area (Å²) >= 11 is 0. The summed E-state index contributed by atoms with van der Waals surface area (Å²) in [7, 11) is 0. The second kappa shape index (κ2) is 12.8. The zero-order valence-corrected chi connectivity index (χ0v) is 26.6. The van der Waals surface area contributed by atoms with E-state index in [0.717, 1.165) is 25.7 Å². The van der Waals surface area contributed by atoms with Crippen LogP contribution in [0.2, 0.25) is 0 Å². The van der Waals surface area contributed by atoms with Gasteiger partial charge in [-0.1, -0.05) is 26.3 Å². The molecule has 0 spiro atoms. The lowest BCUT2D eigenvalue weighted by Gasteiger charge is -2.62. The zero-order chi connectivity index (χ0) is 32.1. The first kappa shape index (κ1) is 35.2. The van der Waals surface area contributed by atoms with Crippen LogP contribution in [0.4, 0.5) is 0 Å². The fourth-order valence-electron chi connectivity index (χ4n) is 8.69. The molecule has 16 atom stereocenters. The second-order valence-electron chi connectivity index (χ2n) is 14.8. The van der Waals surface area contributed by atoms with Crippen LogP contribution in [0.3, 0.4) is 0 Å². The predicted octanol–water partition coefficient (Wildman–Crippen LogP) is 1.37. The maximum atomic E-state index is 11.7. The van der Waals surface area contributed by atoms with Crippen LogP contribution >= 0.6 is 0 Å². The molecule has 0 radical (unpaired) electrons. The van der Waals surface area contributed by atoms with Gasteiger partial charge in [0.15, 0.2) is 12.6 Å². The summed E-state index contributed by atoms with van der Waals surface area (Å²) in [5.41, 5.74) is -2.28. The maximum Gasteiger partial charge on any atom is 0.187 e. The first-order chi connectivity index (χ1) is 19.9. The van der Waals surface area contributed by atoms with Gasteiger partial charge in [-0.05, 0) is 88.9 Å². The van der Waals surface area contributed by atoms with Crippen molar-refractivity contribution in [1.29, 1.82) is 0 Å². The van der Waals surface area contributed by atoms with E-state index in [2.05, 4.69) is 20.4 Å². The summed E-state index contributed by atoms with van der Waals surface area (Å²) in [6.07, 6.45) is -5.80. The van der Waals surface area contributed by atoms with Crippen molar-refractivity contribution in [1.82, 2.24) is 0 Å². The molecular weight excluding hydrogens is 560 g/mol. The molecule has 2 saturated carbocycles. The van der Waals surface area contributed by atoms with Gasteiger partial charge in [0.25, 0.3) is 0 Å². The van der Waals surface area contributed by atoms with Gasteiger partial charge in [0.2, 0.25) is 0 Å². The van der Waals surface area contributed by atoms with Crippen molar-refractivity contribution in [3.8, 4) is 0 Å². The molecular formula is C32H56O11. The number of aliphatic hydroxyl groups is 7. The molecule has 43 heavy (non-hydrogen) atoms. The van der Waals surface area contributed by atoms with E-state index >= 15 is 0 Å². The highest BCUT2D eigenvalue weighted by molar-refractivity contribution is 5.09. The van der Waals surface area contributed by atoms with Crippen molar-refractivity contribution in [2.24, 2.45) is 22.7 Å². The first-order valence-electron chi connectivity index (χ1n) is 15.9. The highest BCUT2D eigenvalue weighted by Crippen LogP contribution is 2.63. The average Bonchev–Trinajstić information content (AvgIpc) is 2.94. The smallest absolute Gasteiger partial charge is 0.187 e. The van der Waals surface area contributed by atoms with Crippen molar-refractivity contribution in [2.45, 2.75) is 159 Å². The Morgan fingerprint density at radius 1 is 0.884 bits per heavy atom. The Morgan fingerprint density at radius 2 is 1.49 bits per heavy atom. The van der Waals surface area contributed by atoms with Crippen molar-refractivity contribution >= 4 is 0 Å². The molecule has 0 aromatic carbocycles. The largest absolute Gasteiger partial charge is 0.396 e. The number of fused-ring (bicyclic) bond motifs is 1. The third-order valence-electron chi connectivity index (χ3n) is 11.6. The molecule has 0 aromatic rings. The van der Waals surface area contributed by atoms with Gasteiger partial charge in [-0.2, -0.15) is 0 Å². The van der Waals surface area contributed by atoms with Gasteiger partial charge in [-0.3, -0.25) is 0 Å². The van der Waals surface area contributed by atoms with Gasteiger partial charge in [0.1, 0.15) is 36.6 Å². The van der Waals surface area contributed by atoms with Gasteiger partial charge < -0.3 is 54.7 Å². The Bertz CT molecular complexity index is 964. The first-order valence-corrected chi connectivity index (χ1v) is 15.9. The molecule has 11 nitrogen and oxygen atoms in total. The summed E-state index contributed by atoms with van der Waals surface area (Å²) in [6, 6.07) is 0. The molecule has 11 heteroatoms. The number of hydrogen-bond donors (Lipinski definition) is 7. The molecule has 2 aliphatic carbocycles. The molecule has 2 heterocycles. The van der Waals surface area contributed by atoms with E-state index in [1.165, 1.54) is 6.92 Å². The molecule has 4 fully saturated rings. The van der Waals surface area contributed by atoms with E-state index < -0.39 is 72.6 Å². The topological polar surface area (TPSA) is 179 Å². The van der Waals surface area contributed by atoms with E-state index in [0.29, 0.717) is 19.3 Å². The number of ether oxygens (including phenoxy) is 4. The van der Waals surface area contributed by atoms with Gasteiger partial charge in [-0.25, -0.2) is 0 Å². The summed E-state index contributed by atoms with van der Waals surface area (Å²) in [4.78, 5) is 0. The van der Waals surface area contributed by atoms with Gasteiger partial charge >= 0.3 is 0 Å². The average molecular weight is 617 g/mol. The molecule has 0 bridgehead atoms. The standard InChI is InChI=1S/C32H56O11/c1-8-30(5,14-10-20-31(6)13-9-12-29(4,16-33)19(31)11-15-32(20,7)39)43-28-26(24(37)22(35)18(3)41-28)42-27-25(38)23(36)21(34)17(2)40-27/h8,17-28,33-39H,1,9-16H2,2-7H3/t17-,18+,19-,20+,21-,22+,23+,24-,25-,26-,27+,28+,29+,30-,31-,32-/m1/s1. The highest BCUT2D eigenvalue weighted by atomic mass is 16.8. The van der Waals surface area contributed by atoms with Crippen LogP contribution in [0.25, 0.3) is 0 Å². The molecule has 0 amide bonds. The van der Waals surface area contributed by atoms with Crippen LogP contribution < -0.4 is 0 Å². The van der Waals surface area contributed by atoms with Crippen LogP contribution in [-0.2, 0) is 18.9 Å². The van der Waals surface area contributed by atoms with E-state index in [9.17, 15) is 35.7 Å². The molecule has 2 saturated heterocycles. The molecule has 0 unspecified atom stereocenters. The van der Waals surface area contributed by atoms with E-state index in [1.807, 2.05) is 13.8 Å². The number of aliphatic hydroxyl groups excluding tert-OH is 6. The summed E-state index contributed by atoms with van der Waals surface area (Å²) in [6.45, 7) is 15.4. The lowest BCUT2D eigenvalue weighted by molar-refractivity contribution is -0.370. The number of rotatable bonds is 9. The SMILES string of the molecule is C=C[C@](C)(CC[C@H]1[C@]2(C)CCC[C@@](C)(CO)[C@H]2CC[C@@]1(C)O)O[C@@H]1O[C@@H](C)[C@H](O)[C@@H](O)[C@H]1O[C@@H]1O[C@H](C)[C@@H](O)[C@H](O)[C@H]1O. The van der Waals surface area contributed by atoms with E-state index in [4.69, 9.17) is 18.9 Å². The van der Waals surface area contributed by atoms with E-state index in [-0.39, 0.29) is 29.3 Å². The fourth-order valence-corrected chi connectivity index (χ4v) is 8.69. The van der Waals surface area contributed by atoms with Crippen molar-refractivity contribution < 1.29 is 54.7 Å². The Morgan fingerprint density at radius 3 is 2.09 bits per heavy atom. The van der Waals surface area contributed by atoms with Gasteiger partial charge in [0, 0.05) is 6.61 Å². The van der Waals surface area contributed by atoms with Crippen LogP contribution in [0, 0.1) is 22.7 Å². The van der Waals surface area contributed by atoms with Crippen LogP contribution in [0.5, 0.6) is 0 Å². The molecule has 4 rings (SSSR count). The second-order valence-corrected chi connectivity index (χ2v) is 14.8. The van der Waals surface area contributed by atoms with Crippen molar-refractivity contribution in [3.05, 3.63) is 12.7 Å². The molecule has 2 aliphatic heterocycles. The Hall–Kier alpha value is -0.700. The third kappa shape index (κ3) is 6.60. The third-order valence-corrected chi connectivity index (χ3v) is 11.6. The van der Waals surface area contributed by atoms with E-state index in [1.54, 1.807) is 13.0 Å². The molecule has 0 aromatic heterocycles. The minimum atomic E-state index is -1.62. The van der Waals surface area contributed by atoms with Gasteiger partial charge in [0.05, 0.1) is 23.4 Å². The van der Waals surface area contributed by atoms with Crippen molar-refractivity contribution in [3.63, 3.8) is 0 Å². The Balaban J connectivity index is 1.54. The van der Waals surface area contributed by atoms with Gasteiger partial charge in [-0.15, -0.1) is 6.58 Å². The Labute approximate surface area is 255 Å². The minimum Gasteiger partial charge on any atom is -0.396 e. The number of hydrogen-bond acceptors (Lipinski definition) is 11. The fraction of sp³-hybridized carbons (Fsp3) is 0.938. The Kier molecular flexibility index (Phi) is 10.5. The zero-order valence-electron chi connectivity index (χ0n) is 26.6. The normalized spacial score (nSPS) is 52.2. The van der Waals surface area contributed by atoms with Crippen LogP contribution in [-0.4, -0.2) is 115 Å². The summed E-state index contributed by atoms with van der Waals surface area (Å²) in [5, 5.41) is 74.5. The molecule has 7 N–H and O–H groups in total. The lowest BCUT2D eigenvalue weighted by atomic mass is 9.44. The highest BCUT2D eigenvalue weighted by Gasteiger charge is 2.59. The predicted molar refractivity (Wildman–Crippen MR) is 156 cm³/mol. The molecule has 250 valence electrons. The monoisotopic (exact) mass is 616 g/mol. The maximum absolute atomic E-state index is 11.7. The minimum absolute atomic E-state index is 0.0707. The van der Waals surface area contributed by atoms with Crippen LogP contribution in [0.1, 0.15) is 86.5 Å².